The summed E-state index contributed by atoms with van der Waals surface area (Å²) in [6.45, 7) is 7.96. The number of hydrogen-bond acceptors (Lipinski definition) is 6. The molecule has 0 atom stereocenters. The minimum atomic E-state index is -0.490. The Labute approximate surface area is 146 Å². The van der Waals surface area contributed by atoms with Crippen LogP contribution < -0.4 is 10.6 Å². The number of nitrogens with zero attached hydrogens (tertiary/aromatic N) is 2. The first-order valence-electron chi connectivity index (χ1n) is 7.98. The third-order valence-corrected chi connectivity index (χ3v) is 3.07. The molecule has 2 rings (SSSR count). The molecule has 0 saturated carbocycles. The zero-order chi connectivity index (χ0) is 18.4. The summed E-state index contributed by atoms with van der Waals surface area (Å²) in [6.07, 6.45) is 1.32. The third-order valence-electron chi connectivity index (χ3n) is 3.07. The molecule has 0 radical (unpaired) electrons. The van der Waals surface area contributed by atoms with Gasteiger partial charge >= 0.3 is 5.97 Å². The topological polar surface area (TPSA) is 93.2 Å². The van der Waals surface area contributed by atoms with Gasteiger partial charge in [0.2, 0.25) is 0 Å². The van der Waals surface area contributed by atoms with Crippen molar-refractivity contribution >= 4 is 23.4 Å². The molecule has 0 aliphatic carbocycles. The first-order chi connectivity index (χ1) is 11.8. The molecule has 7 heteroatoms. The van der Waals surface area contributed by atoms with Crippen molar-refractivity contribution in [1.29, 1.82) is 0 Å². The molecule has 0 unspecified atom stereocenters. The number of ether oxygens (including phenoxy) is 1. The van der Waals surface area contributed by atoms with E-state index in [0.29, 0.717) is 17.1 Å². The third kappa shape index (κ3) is 5.27. The number of rotatable bonds is 5. The fourth-order valence-corrected chi connectivity index (χ4v) is 2.10. The second-order valence-electron chi connectivity index (χ2n) is 6.38. The highest BCUT2D eigenvalue weighted by Gasteiger charge is 2.17. The van der Waals surface area contributed by atoms with Crippen molar-refractivity contribution in [3.63, 3.8) is 0 Å². The number of hydrogen-bond donors (Lipinski definition) is 2. The Morgan fingerprint density at radius 1 is 1.16 bits per heavy atom. The molecule has 0 aliphatic heterocycles. The van der Waals surface area contributed by atoms with Crippen LogP contribution in [-0.4, -0.2) is 34.0 Å². The van der Waals surface area contributed by atoms with E-state index in [1.54, 1.807) is 37.3 Å². The van der Waals surface area contributed by atoms with Gasteiger partial charge in [0.1, 0.15) is 17.8 Å². The molecule has 25 heavy (non-hydrogen) atoms. The van der Waals surface area contributed by atoms with Gasteiger partial charge in [-0.2, -0.15) is 0 Å². The highest BCUT2D eigenvalue weighted by Crippen LogP contribution is 2.18. The van der Waals surface area contributed by atoms with Crippen molar-refractivity contribution in [3.8, 4) is 0 Å². The van der Waals surface area contributed by atoms with Gasteiger partial charge in [0, 0.05) is 11.6 Å². The second kappa shape index (κ2) is 7.74. The number of nitrogens with one attached hydrogen (secondary N) is 2. The molecule has 0 spiro atoms. The highest BCUT2D eigenvalue weighted by molar-refractivity contribution is 6.07. The quantitative estimate of drug-likeness (QED) is 0.811. The average Bonchev–Trinajstić information content (AvgIpc) is 2.54. The molecule has 1 heterocycles. The van der Waals surface area contributed by atoms with Crippen LogP contribution in [0.4, 0.5) is 11.5 Å². The Kier molecular flexibility index (Phi) is 5.69. The molecule has 1 aromatic heterocycles. The van der Waals surface area contributed by atoms with E-state index in [4.69, 9.17) is 4.74 Å². The van der Waals surface area contributed by atoms with E-state index in [0.717, 1.165) is 0 Å². The summed E-state index contributed by atoms with van der Waals surface area (Å²) in [4.78, 5) is 32.6. The molecule has 0 fully saturated rings. The molecular weight excluding hydrogens is 320 g/mol. The van der Waals surface area contributed by atoms with Crippen molar-refractivity contribution in [1.82, 2.24) is 9.97 Å². The summed E-state index contributed by atoms with van der Waals surface area (Å²) in [5.41, 5.74) is 0.661. The van der Waals surface area contributed by atoms with Gasteiger partial charge in [-0.15, -0.1) is 0 Å². The Hall–Kier alpha value is -2.96. The van der Waals surface area contributed by atoms with Crippen molar-refractivity contribution in [2.75, 3.05) is 17.2 Å². The number of anilines is 2. The Balaban J connectivity index is 2.21. The molecule has 2 N–H and O–H groups in total. The normalized spacial score (nSPS) is 10.9. The van der Waals surface area contributed by atoms with E-state index >= 15 is 0 Å². The van der Waals surface area contributed by atoms with Gasteiger partial charge in [0.15, 0.2) is 0 Å². The van der Waals surface area contributed by atoms with Crippen molar-refractivity contribution in [3.05, 3.63) is 47.9 Å². The van der Waals surface area contributed by atoms with E-state index in [-0.39, 0.29) is 17.8 Å². The van der Waals surface area contributed by atoms with E-state index in [1.807, 2.05) is 20.8 Å². The van der Waals surface area contributed by atoms with Crippen LogP contribution in [0.2, 0.25) is 0 Å². The Morgan fingerprint density at radius 2 is 1.88 bits per heavy atom. The first kappa shape index (κ1) is 18.4. The van der Waals surface area contributed by atoms with Gasteiger partial charge in [0.25, 0.3) is 5.91 Å². The molecule has 1 amide bonds. The minimum Gasteiger partial charge on any atom is -0.462 e. The van der Waals surface area contributed by atoms with Gasteiger partial charge in [-0.05, 0) is 39.8 Å². The largest absolute Gasteiger partial charge is 0.462 e. The number of carbonyl (C=O) groups is 2. The lowest BCUT2D eigenvalue weighted by molar-refractivity contribution is 0.0527. The smallest absolute Gasteiger partial charge is 0.340 e. The number of amides is 1. The monoisotopic (exact) mass is 342 g/mol. The Bertz CT molecular complexity index is 769. The van der Waals surface area contributed by atoms with E-state index in [1.165, 1.54) is 6.33 Å². The second-order valence-corrected chi connectivity index (χ2v) is 6.38. The molecule has 132 valence electrons. The van der Waals surface area contributed by atoms with Crippen molar-refractivity contribution in [2.45, 2.75) is 33.2 Å². The zero-order valence-corrected chi connectivity index (χ0v) is 14.8. The summed E-state index contributed by atoms with van der Waals surface area (Å²) in [7, 11) is 0. The van der Waals surface area contributed by atoms with Crippen LogP contribution in [-0.2, 0) is 4.74 Å². The Morgan fingerprint density at radius 3 is 2.56 bits per heavy atom. The van der Waals surface area contributed by atoms with Crippen LogP contribution in [0.1, 0.15) is 48.5 Å². The average molecular weight is 342 g/mol. The molecule has 0 bridgehead atoms. The summed E-state index contributed by atoms with van der Waals surface area (Å²) in [5.74, 6) is -0.376. The zero-order valence-electron chi connectivity index (χ0n) is 14.8. The lowest BCUT2D eigenvalue weighted by Gasteiger charge is -2.21. The maximum Gasteiger partial charge on any atom is 0.340 e. The number of carbonyl (C=O) groups excluding carboxylic acids is 2. The maximum atomic E-state index is 12.5. The van der Waals surface area contributed by atoms with Gasteiger partial charge < -0.3 is 15.4 Å². The van der Waals surface area contributed by atoms with Gasteiger partial charge in [-0.1, -0.05) is 12.1 Å². The minimum absolute atomic E-state index is 0.195. The lowest BCUT2D eigenvalue weighted by Crippen LogP contribution is -2.27. The molecule has 2 aromatic rings. The fourth-order valence-electron chi connectivity index (χ4n) is 2.10. The van der Waals surface area contributed by atoms with E-state index < -0.39 is 11.9 Å². The van der Waals surface area contributed by atoms with Crippen LogP contribution in [0.5, 0.6) is 0 Å². The maximum absolute atomic E-state index is 12.5. The molecular formula is C18H22N4O3. The van der Waals surface area contributed by atoms with Crippen LogP contribution in [0.15, 0.2) is 36.7 Å². The number of esters is 1. The van der Waals surface area contributed by atoms with Gasteiger partial charge in [-0.25, -0.2) is 14.8 Å². The van der Waals surface area contributed by atoms with Crippen LogP contribution in [0, 0.1) is 0 Å². The highest BCUT2D eigenvalue weighted by atomic mass is 16.5. The number of aromatic nitrogens is 2. The molecule has 1 aromatic carbocycles. The lowest BCUT2D eigenvalue weighted by atomic mass is 10.1. The van der Waals surface area contributed by atoms with Crippen LogP contribution in [0.3, 0.4) is 0 Å². The molecule has 0 saturated heterocycles. The predicted molar refractivity (Wildman–Crippen MR) is 95.8 cm³/mol. The van der Waals surface area contributed by atoms with Crippen LogP contribution >= 0.6 is 0 Å². The van der Waals surface area contributed by atoms with Crippen LogP contribution in [0.25, 0.3) is 0 Å². The summed E-state index contributed by atoms with van der Waals surface area (Å²) >= 11 is 0. The van der Waals surface area contributed by atoms with Gasteiger partial charge in [-0.3, -0.25) is 4.79 Å². The molecule has 7 nitrogen and oxygen atoms in total. The van der Waals surface area contributed by atoms with E-state index in [2.05, 4.69) is 20.6 Å². The number of benzene rings is 1. The molecule has 0 aliphatic rings. The first-order valence-corrected chi connectivity index (χ1v) is 7.98. The number of para-hydroxylation sites is 1. The summed E-state index contributed by atoms with van der Waals surface area (Å²) in [5, 5.41) is 5.88. The predicted octanol–water partition coefficient (Wildman–Crippen LogP) is 3.12. The summed E-state index contributed by atoms with van der Waals surface area (Å²) < 4.78 is 5.00. The SMILES string of the molecule is CCOC(=O)c1ccccc1NC(=O)c1cc(NC(C)(C)C)ncn1. The van der Waals surface area contributed by atoms with Crippen molar-refractivity contribution < 1.29 is 14.3 Å². The summed E-state index contributed by atoms with van der Waals surface area (Å²) in [6, 6.07) is 8.23. The van der Waals surface area contributed by atoms with Gasteiger partial charge in [0.05, 0.1) is 17.9 Å². The van der Waals surface area contributed by atoms with Crippen molar-refractivity contribution in [2.24, 2.45) is 0 Å². The standard InChI is InChI=1S/C18H22N4O3/c1-5-25-17(24)12-8-6-7-9-13(12)21-16(23)14-10-15(20-11-19-14)22-18(2,3)4/h6-11H,5H2,1-4H3,(H,21,23)(H,19,20,22). The van der Waals surface area contributed by atoms with E-state index in [9.17, 15) is 9.59 Å². The fraction of sp³-hybridized carbons (Fsp3) is 0.333.